The maximum Gasteiger partial charge on any atom is 0.282 e. The van der Waals surface area contributed by atoms with Gasteiger partial charge in [0.15, 0.2) is 0 Å². The molecule has 2 aliphatic rings. The van der Waals surface area contributed by atoms with Gasteiger partial charge in [-0.2, -0.15) is 17.0 Å². The van der Waals surface area contributed by atoms with Crippen LogP contribution in [0, 0.1) is 11.7 Å². The zero-order chi connectivity index (χ0) is 18.7. The van der Waals surface area contributed by atoms with Crippen molar-refractivity contribution in [3.05, 3.63) is 35.6 Å². The van der Waals surface area contributed by atoms with Crippen LogP contribution in [0.3, 0.4) is 0 Å². The number of amides is 1. The highest BCUT2D eigenvalue weighted by atomic mass is 32.2. The third-order valence-corrected chi connectivity index (χ3v) is 7.12. The number of hydrogen-bond acceptors (Lipinski definition) is 3. The van der Waals surface area contributed by atoms with E-state index in [0.717, 1.165) is 12.8 Å². The fourth-order valence-electron chi connectivity index (χ4n) is 3.65. The minimum absolute atomic E-state index is 0.0358. The SMILES string of the molecule is CC1CCCN(S(=O)(=O)N2CCCN(C(=O)c3ccccc3F)CC2)C1. The molecule has 2 saturated heterocycles. The van der Waals surface area contributed by atoms with Crippen LogP contribution in [0.25, 0.3) is 0 Å². The van der Waals surface area contributed by atoms with Crippen LogP contribution in [0.15, 0.2) is 24.3 Å². The standard InChI is InChI=1S/C18H26FN3O3S/c1-15-6-4-10-22(14-15)26(24,25)21-11-5-9-20(12-13-21)18(23)16-7-2-3-8-17(16)19/h2-3,7-8,15H,4-6,9-14H2,1H3. The molecule has 0 aliphatic carbocycles. The zero-order valence-corrected chi connectivity index (χ0v) is 15.9. The number of nitrogens with zero attached hydrogens (tertiary/aromatic N) is 3. The lowest BCUT2D eigenvalue weighted by molar-refractivity contribution is 0.0759. The normalized spacial score (nSPS) is 23.6. The van der Waals surface area contributed by atoms with Crippen LogP contribution in [-0.2, 0) is 10.2 Å². The first-order valence-corrected chi connectivity index (χ1v) is 10.6. The second-order valence-electron chi connectivity index (χ2n) is 7.14. The van der Waals surface area contributed by atoms with Gasteiger partial charge in [0, 0.05) is 39.3 Å². The molecule has 1 aromatic rings. The van der Waals surface area contributed by atoms with Crippen molar-refractivity contribution in [3.8, 4) is 0 Å². The fourth-order valence-corrected chi connectivity index (χ4v) is 5.45. The van der Waals surface area contributed by atoms with Crippen molar-refractivity contribution in [2.75, 3.05) is 39.3 Å². The third-order valence-electron chi connectivity index (χ3n) is 5.12. The Kier molecular flexibility index (Phi) is 5.94. The lowest BCUT2D eigenvalue weighted by atomic mass is 10.0. The van der Waals surface area contributed by atoms with E-state index in [0.29, 0.717) is 38.5 Å². The van der Waals surface area contributed by atoms with E-state index < -0.39 is 16.0 Å². The summed E-state index contributed by atoms with van der Waals surface area (Å²) < 4.78 is 42.8. The van der Waals surface area contributed by atoms with E-state index in [9.17, 15) is 17.6 Å². The van der Waals surface area contributed by atoms with Crippen molar-refractivity contribution in [2.45, 2.75) is 26.2 Å². The number of piperidine rings is 1. The van der Waals surface area contributed by atoms with Gasteiger partial charge >= 0.3 is 0 Å². The van der Waals surface area contributed by atoms with Crippen LogP contribution in [-0.4, -0.2) is 67.1 Å². The molecule has 1 aromatic carbocycles. The van der Waals surface area contributed by atoms with Crippen LogP contribution < -0.4 is 0 Å². The molecule has 2 fully saturated rings. The van der Waals surface area contributed by atoms with Gasteiger partial charge in [0.05, 0.1) is 5.56 Å². The first-order chi connectivity index (χ1) is 12.4. The molecule has 0 aromatic heterocycles. The summed E-state index contributed by atoms with van der Waals surface area (Å²) in [6.07, 6.45) is 2.48. The summed E-state index contributed by atoms with van der Waals surface area (Å²) in [6, 6.07) is 5.90. The van der Waals surface area contributed by atoms with Crippen molar-refractivity contribution < 1.29 is 17.6 Å². The Morgan fingerprint density at radius 2 is 1.77 bits per heavy atom. The lowest BCUT2D eigenvalue weighted by Gasteiger charge is -2.34. The van der Waals surface area contributed by atoms with Gasteiger partial charge in [-0.3, -0.25) is 4.79 Å². The van der Waals surface area contributed by atoms with Gasteiger partial charge in [-0.05, 0) is 37.3 Å². The van der Waals surface area contributed by atoms with E-state index in [1.807, 2.05) is 0 Å². The molecule has 2 heterocycles. The van der Waals surface area contributed by atoms with Crippen molar-refractivity contribution in [3.63, 3.8) is 0 Å². The molecule has 0 radical (unpaired) electrons. The molecule has 0 N–H and O–H groups in total. The molecular weight excluding hydrogens is 357 g/mol. The minimum atomic E-state index is -3.51. The van der Waals surface area contributed by atoms with Gasteiger partial charge in [-0.25, -0.2) is 4.39 Å². The molecule has 0 spiro atoms. The maximum absolute atomic E-state index is 13.9. The second-order valence-corrected chi connectivity index (χ2v) is 9.07. The molecule has 0 bridgehead atoms. The van der Waals surface area contributed by atoms with Crippen LogP contribution in [0.1, 0.15) is 36.5 Å². The number of benzene rings is 1. The molecule has 6 nitrogen and oxygen atoms in total. The molecule has 3 rings (SSSR count). The molecule has 0 saturated carbocycles. The van der Waals surface area contributed by atoms with Crippen molar-refractivity contribution in [1.29, 1.82) is 0 Å². The summed E-state index contributed by atoms with van der Waals surface area (Å²) in [5.41, 5.74) is 0.0358. The predicted molar refractivity (Wildman–Crippen MR) is 97.4 cm³/mol. The molecule has 1 unspecified atom stereocenters. The van der Waals surface area contributed by atoms with Crippen LogP contribution in [0.2, 0.25) is 0 Å². The lowest BCUT2D eigenvalue weighted by Crippen LogP contribution is -2.48. The number of rotatable bonds is 3. The van der Waals surface area contributed by atoms with Crippen LogP contribution in [0.4, 0.5) is 4.39 Å². The molecule has 1 amide bonds. The monoisotopic (exact) mass is 383 g/mol. The molecular formula is C18H26FN3O3S. The summed E-state index contributed by atoms with van der Waals surface area (Å²) >= 11 is 0. The average Bonchev–Trinajstić information content (AvgIpc) is 2.88. The molecule has 8 heteroatoms. The van der Waals surface area contributed by atoms with Crippen molar-refractivity contribution in [1.82, 2.24) is 13.5 Å². The first-order valence-electron chi connectivity index (χ1n) is 9.18. The topological polar surface area (TPSA) is 60.9 Å². The van der Waals surface area contributed by atoms with Gasteiger partial charge in [0.2, 0.25) is 0 Å². The Labute approximate surface area is 154 Å². The number of halogens is 1. The van der Waals surface area contributed by atoms with Gasteiger partial charge in [-0.1, -0.05) is 19.1 Å². The van der Waals surface area contributed by atoms with Gasteiger partial charge in [0.25, 0.3) is 16.1 Å². The Balaban J connectivity index is 1.68. The maximum atomic E-state index is 13.9. The number of hydrogen-bond donors (Lipinski definition) is 0. The van der Waals surface area contributed by atoms with Crippen LogP contribution >= 0.6 is 0 Å². The molecule has 144 valence electrons. The Morgan fingerprint density at radius 1 is 1.04 bits per heavy atom. The van der Waals surface area contributed by atoms with E-state index in [1.165, 1.54) is 16.4 Å². The van der Waals surface area contributed by atoms with Crippen molar-refractivity contribution >= 4 is 16.1 Å². The van der Waals surface area contributed by atoms with E-state index >= 15 is 0 Å². The fraction of sp³-hybridized carbons (Fsp3) is 0.611. The third kappa shape index (κ3) is 4.07. The summed E-state index contributed by atoms with van der Waals surface area (Å²) in [5, 5.41) is 0. The highest BCUT2D eigenvalue weighted by Gasteiger charge is 2.34. The minimum Gasteiger partial charge on any atom is -0.337 e. The molecule has 1 atom stereocenters. The van der Waals surface area contributed by atoms with Gasteiger partial charge in [0.1, 0.15) is 5.82 Å². The molecule has 2 aliphatic heterocycles. The van der Waals surface area contributed by atoms with E-state index in [2.05, 4.69) is 6.92 Å². The second kappa shape index (κ2) is 8.02. The summed E-state index contributed by atoms with van der Waals surface area (Å²) in [5.74, 6) is -0.563. The van der Waals surface area contributed by atoms with Gasteiger partial charge < -0.3 is 4.90 Å². The van der Waals surface area contributed by atoms with E-state index in [4.69, 9.17) is 0 Å². The zero-order valence-electron chi connectivity index (χ0n) is 15.1. The quantitative estimate of drug-likeness (QED) is 0.802. The smallest absolute Gasteiger partial charge is 0.282 e. The van der Waals surface area contributed by atoms with E-state index in [1.54, 1.807) is 21.3 Å². The number of carbonyl (C=O) groups excluding carboxylic acids is 1. The Hall–Kier alpha value is -1.51. The summed E-state index contributed by atoms with van der Waals surface area (Å²) in [6.45, 7) is 4.50. The number of carbonyl (C=O) groups is 1. The highest BCUT2D eigenvalue weighted by molar-refractivity contribution is 7.86. The summed E-state index contributed by atoms with van der Waals surface area (Å²) in [7, 11) is -3.51. The first kappa shape index (κ1) is 19.3. The Bertz CT molecular complexity index is 756. The molecule has 26 heavy (non-hydrogen) atoms. The summed E-state index contributed by atoms with van der Waals surface area (Å²) in [4.78, 5) is 14.1. The van der Waals surface area contributed by atoms with Gasteiger partial charge in [-0.15, -0.1) is 0 Å². The van der Waals surface area contributed by atoms with Crippen molar-refractivity contribution in [2.24, 2.45) is 5.92 Å². The average molecular weight is 383 g/mol. The van der Waals surface area contributed by atoms with Crippen LogP contribution in [0.5, 0.6) is 0 Å². The highest BCUT2D eigenvalue weighted by Crippen LogP contribution is 2.22. The predicted octanol–water partition coefficient (Wildman–Crippen LogP) is 1.95. The van der Waals surface area contributed by atoms with E-state index in [-0.39, 0.29) is 24.6 Å². The largest absolute Gasteiger partial charge is 0.337 e. The Morgan fingerprint density at radius 3 is 2.50 bits per heavy atom.